The molecule has 5 nitrogen and oxygen atoms in total. The molecule has 1 amide bonds. The molecule has 0 N–H and O–H groups in total. The quantitative estimate of drug-likeness (QED) is 0.786. The molecule has 2 aromatic rings. The number of amides is 1. The van der Waals surface area contributed by atoms with E-state index in [2.05, 4.69) is 23.7 Å². The Hall–Kier alpha value is -1.88. The van der Waals surface area contributed by atoms with E-state index in [1.165, 1.54) is 5.56 Å². The third kappa shape index (κ3) is 2.18. The molecule has 2 aromatic heterocycles. The molecule has 0 saturated carbocycles. The normalized spacial score (nSPS) is 19.6. The average molecular weight is 345 g/mol. The first kappa shape index (κ1) is 15.6. The topological polar surface area (TPSA) is 49.3 Å². The fraction of sp³-hybridized carbons (Fsp3) is 0.500. The van der Waals surface area contributed by atoms with E-state index in [1.807, 2.05) is 24.2 Å². The van der Waals surface area contributed by atoms with Crippen LogP contribution in [0.1, 0.15) is 31.7 Å². The van der Waals surface area contributed by atoms with Crippen molar-refractivity contribution in [3.05, 3.63) is 29.2 Å². The number of fused-ring (bicyclic) bond motifs is 1. The number of aromatic nitrogens is 2. The van der Waals surface area contributed by atoms with Crippen molar-refractivity contribution in [2.45, 2.75) is 26.2 Å². The van der Waals surface area contributed by atoms with Crippen molar-refractivity contribution in [3.8, 4) is 0 Å². The monoisotopic (exact) mass is 344 g/mol. The van der Waals surface area contributed by atoms with Crippen LogP contribution in [0.2, 0.25) is 5.15 Å². The van der Waals surface area contributed by atoms with Crippen LogP contribution in [0.25, 0.3) is 10.8 Å². The van der Waals surface area contributed by atoms with Crippen LogP contribution in [0.15, 0.2) is 18.5 Å². The molecule has 4 rings (SSSR count). The predicted molar refractivity (Wildman–Crippen MR) is 95.5 cm³/mol. The smallest absolute Gasteiger partial charge is 0.232 e. The summed E-state index contributed by atoms with van der Waals surface area (Å²) >= 11 is 6.11. The molecule has 0 unspecified atom stereocenters. The zero-order chi connectivity index (χ0) is 17.1. The molecule has 4 heterocycles. The van der Waals surface area contributed by atoms with Gasteiger partial charge in [-0.25, -0.2) is 9.97 Å². The first-order chi connectivity index (χ1) is 11.4. The molecule has 1 spiro atoms. The van der Waals surface area contributed by atoms with Gasteiger partial charge in [0.05, 0.1) is 5.41 Å². The summed E-state index contributed by atoms with van der Waals surface area (Å²) in [4.78, 5) is 25.4. The summed E-state index contributed by atoms with van der Waals surface area (Å²) in [7, 11) is 1.89. The van der Waals surface area contributed by atoms with Gasteiger partial charge in [0.25, 0.3) is 0 Å². The summed E-state index contributed by atoms with van der Waals surface area (Å²) in [6, 6.07) is 1.92. The molecule has 0 atom stereocenters. The molecule has 24 heavy (non-hydrogen) atoms. The molecule has 2 aliphatic heterocycles. The summed E-state index contributed by atoms with van der Waals surface area (Å²) in [5.41, 5.74) is 0.962. The van der Waals surface area contributed by atoms with Crippen LogP contribution in [0.3, 0.4) is 0 Å². The van der Waals surface area contributed by atoms with Crippen molar-refractivity contribution in [1.82, 2.24) is 14.9 Å². The Kier molecular flexibility index (Phi) is 3.46. The zero-order valence-electron chi connectivity index (χ0n) is 14.2. The second-order valence-electron chi connectivity index (χ2n) is 7.36. The second-order valence-corrected chi connectivity index (χ2v) is 7.74. The van der Waals surface area contributed by atoms with Gasteiger partial charge >= 0.3 is 0 Å². The molecule has 2 saturated heterocycles. The average Bonchev–Trinajstić information content (AvgIpc) is 2.80. The molecular formula is C18H21ClN4O. The van der Waals surface area contributed by atoms with Gasteiger partial charge in [0.15, 0.2) is 0 Å². The van der Waals surface area contributed by atoms with E-state index < -0.39 is 0 Å². The number of carbonyl (C=O) groups excluding carboxylic acids is 1. The highest BCUT2D eigenvalue weighted by Gasteiger charge is 2.54. The number of anilines is 1. The van der Waals surface area contributed by atoms with E-state index in [9.17, 15) is 4.79 Å². The van der Waals surface area contributed by atoms with Gasteiger partial charge in [0.1, 0.15) is 11.0 Å². The van der Waals surface area contributed by atoms with E-state index in [1.54, 1.807) is 6.20 Å². The zero-order valence-corrected chi connectivity index (χ0v) is 15.0. The Morgan fingerprint density at radius 3 is 2.58 bits per heavy atom. The largest absolute Gasteiger partial charge is 0.354 e. The first-order valence-electron chi connectivity index (χ1n) is 8.36. The van der Waals surface area contributed by atoms with E-state index in [0.29, 0.717) is 11.1 Å². The van der Waals surface area contributed by atoms with Crippen molar-refractivity contribution >= 4 is 34.1 Å². The molecule has 0 aromatic carbocycles. The highest BCUT2D eigenvalue weighted by Crippen LogP contribution is 2.44. The van der Waals surface area contributed by atoms with Crippen molar-refractivity contribution < 1.29 is 4.79 Å². The maximum atomic E-state index is 12.4. The van der Waals surface area contributed by atoms with Crippen LogP contribution in [-0.4, -0.2) is 47.5 Å². The molecule has 2 fully saturated rings. The van der Waals surface area contributed by atoms with Crippen molar-refractivity contribution in [2.75, 3.05) is 31.6 Å². The summed E-state index contributed by atoms with van der Waals surface area (Å²) in [6.45, 7) is 6.63. The van der Waals surface area contributed by atoms with Crippen LogP contribution in [0.4, 0.5) is 5.82 Å². The van der Waals surface area contributed by atoms with Crippen LogP contribution in [-0.2, 0) is 4.79 Å². The maximum absolute atomic E-state index is 12.4. The minimum absolute atomic E-state index is 0.209. The Bertz CT molecular complexity index is 829. The summed E-state index contributed by atoms with van der Waals surface area (Å²) in [5.74, 6) is 1.54. The van der Waals surface area contributed by atoms with Gasteiger partial charge < -0.3 is 9.80 Å². The van der Waals surface area contributed by atoms with Crippen LogP contribution >= 0.6 is 11.6 Å². The lowest BCUT2D eigenvalue weighted by Gasteiger charge is -2.47. The number of carbonyl (C=O) groups is 1. The fourth-order valence-corrected chi connectivity index (χ4v) is 4.11. The van der Waals surface area contributed by atoms with Crippen LogP contribution in [0.5, 0.6) is 0 Å². The number of halogens is 1. The number of hydrogen-bond acceptors (Lipinski definition) is 4. The summed E-state index contributed by atoms with van der Waals surface area (Å²) < 4.78 is 0. The van der Waals surface area contributed by atoms with Gasteiger partial charge in [-0.2, -0.15) is 0 Å². The first-order valence-corrected chi connectivity index (χ1v) is 8.74. The minimum Gasteiger partial charge on any atom is -0.354 e. The van der Waals surface area contributed by atoms with E-state index >= 15 is 0 Å². The molecule has 126 valence electrons. The molecule has 6 heteroatoms. The van der Waals surface area contributed by atoms with Crippen LogP contribution < -0.4 is 4.90 Å². The standard InChI is InChI=1S/C18H21ClN4O/c1-11(2)13-7-21-16(14-8-20-15(19)6-12(13)14)23-9-18(10-23)4-5-22(3)17(18)24/h6-8,11H,4-5,9-10H2,1-3H3. The molecule has 0 radical (unpaired) electrons. The lowest BCUT2D eigenvalue weighted by atomic mass is 9.78. The van der Waals surface area contributed by atoms with E-state index in [-0.39, 0.29) is 11.3 Å². The summed E-state index contributed by atoms with van der Waals surface area (Å²) in [5, 5.41) is 2.61. The van der Waals surface area contributed by atoms with Crippen molar-refractivity contribution in [3.63, 3.8) is 0 Å². The van der Waals surface area contributed by atoms with Gasteiger partial charge in [-0.1, -0.05) is 25.4 Å². The van der Waals surface area contributed by atoms with Gasteiger partial charge in [0, 0.05) is 44.5 Å². The third-order valence-electron chi connectivity index (χ3n) is 5.38. The third-order valence-corrected chi connectivity index (χ3v) is 5.59. The van der Waals surface area contributed by atoms with Crippen LogP contribution in [0, 0.1) is 5.41 Å². The Balaban J connectivity index is 1.72. The van der Waals surface area contributed by atoms with Crippen molar-refractivity contribution in [2.24, 2.45) is 5.41 Å². The van der Waals surface area contributed by atoms with E-state index in [4.69, 9.17) is 16.6 Å². The van der Waals surface area contributed by atoms with Gasteiger partial charge in [-0.05, 0) is 29.4 Å². The van der Waals surface area contributed by atoms with Crippen molar-refractivity contribution in [1.29, 1.82) is 0 Å². The van der Waals surface area contributed by atoms with Gasteiger partial charge in [-0.3, -0.25) is 4.79 Å². The number of nitrogens with zero attached hydrogens (tertiary/aromatic N) is 4. The van der Waals surface area contributed by atoms with Gasteiger partial charge in [-0.15, -0.1) is 0 Å². The lowest BCUT2D eigenvalue weighted by Crippen LogP contribution is -2.60. The highest BCUT2D eigenvalue weighted by molar-refractivity contribution is 6.30. The minimum atomic E-state index is -0.209. The summed E-state index contributed by atoms with van der Waals surface area (Å²) in [6.07, 6.45) is 4.68. The number of likely N-dealkylation sites (tertiary alicyclic amines) is 1. The molecule has 0 bridgehead atoms. The molecular weight excluding hydrogens is 324 g/mol. The number of rotatable bonds is 2. The van der Waals surface area contributed by atoms with E-state index in [0.717, 1.165) is 42.6 Å². The maximum Gasteiger partial charge on any atom is 0.232 e. The second kappa shape index (κ2) is 5.31. The Labute approximate surface area is 146 Å². The Morgan fingerprint density at radius 2 is 1.96 bits per heavy atom. The highest BCUT2D eigenvalue weighted by atomic mass is 35.5. The number of pyridine rings is 2. The predicted octanol–water partition coefficient (Wildman–Crippen LogP) is 3.08. The molecule has 2 aliphatic rings. The fourth-order valence-electron chi connectivity index (χ4n) is 3.95. The number of hydrogen-bond donors (Lipinski definition) is 0. The van der Waals surface area contributed by atoms with Gasteiger partial charge in [0.2, 0.25) is 5.91 Å². The lowest BCUT2D eigenvalue weighted by molar-refractivity contribution is -0.136. The molecule has 0 aliphatic carbocycles. The Morgan fingerprint density at radius 1 is 1.21 bits per heavy atom. The SMILES string of the molecule is CC(C)c1cnc(N2CC3(CCN(C)C3=O)C2)c2cnc(Cl)cc12.